The molecule has 0 saturated carbocycles. The summed E-state index contributed by atoms with van der Waals surface area (Å²) < 4.78 is 38.2. The van der Waals surface area contributed by atoms with Crippen molar-refractivity contribution in [1.29, 1.82) is 0 Å². The molecule has 0 heterocycles. The van der Waals surface area contributed by atoms with E-state index in [2.05, 4.69) is 21.2 Å². The van der Waals surface area contributed by atoms with E-state index in [9.17, 15) is 18.0 Å². The van der Waals surface area contributed by atoms with Crippen LogP contribution in [-0.4, -0.2) is 37.5 Å². The van der Waals surface area contributed by atoms with Crippen LogP contribution in [0.15, 0.2) is 22.7 Å². The minimum Gasteiger partial charge on any atom is -0.351 e. The lowest BCUT2D eigenvalue weighted by molar-refractivity contribution is -0.137. The van der Waals surface area contributed by atoms with Gasteiger partial charge in [-0.25, -0.2) is 0 Å². The number of likely N-dealkylation sites (N-methyl/N-ethyl adjacent to an activating group) is 1. The van der Waals surface area contributed by atoms with Crippen molar-refractivity contribution in [3.8, 4) is 0 Å². The first-order valence-corrected chi connectivity index (χ1v) is 6.88. The quantitative estimate of drug-likeness (QED) is 0.882. The Bertz CT molecular complexity index is 477. The van der Waals surface area contributed by atoms with E-state index in [-0.39, 0.29) is 5.56 Å². The van der Waals surface area contributed by atoms with Crippen LogP contribution >= 0.6 is 15.9 Å². The maximum atomic E-state index is 12.6. The van der Waals surface area contributed by atoms with Gasteiger partial charge in [0.2, 0.25) is 0 Å². The third kappa shape index (κ3) is 4.79. The summed E-state index contributed by atoms with van der Waals surface area (Å²) in [5.74, 6) is -0.521. The Hall–Kier alpha value is -1.08. The molecule has 0 aliphatic carbocycles. The summed E-state index contributed by atoms with van der Waals surface area (Å²) in [5, 5.41) is 2.61. The van der Waals surface area contributed by atoms with Gasteiger partial charge in [-0.15, -0.1) is 0 Å². The highest BCUT2D eigenvalue weighted by Gasteiger charge is 2.31. The lowest BCUT2D eigenvalue weighted by Gasteiger charge is -2.15. The molecule has 7 heteroatoms. The highest BCUT2D eigenvalue weighted by molar-refractivity contribution is 9.10. The Labute approximate surface area is 124 Å². The standard InChI is InChI=1S/C13H16BrF3N2O/c1-3-19(2)7-6-18-12(20)10-8-9(13(15,16)17)4-5-11(10)14/h4-5,8H,3,6-7H2,1-2H3,(H,18,20). The van der Waals surface area contributed by atoms with Gasteiger partial charge in [-0.05, 0) is 47.7 Å². The van der Waals surface area contributed by atoms with Crippen LogP contribution in [0.1, 0.15) is 22.8 Å². The fraction of sp³-hybridized carbons (Fsp3) is 0.462. The molecule has 0 spiro atoms. The highest BCUT2D eigenvalue weighted by atomic mass is 79.9. The normalized spacial score (nSPS) is 11.8. The molecule has 112 valence electrons. The smallest absolute Gasteiger partial charge is 0.351 e. The Morgan fingerprint density at radius 1 is 1.40 bits per heavy atom. The molecule has 1 amide bonds. The molecule has 0 bridgehead atoms. The van der Waals surface area contributed by atoms with Gasteiger partial charge in [-0.1, -0.05) is 6.92 Å². The second kappa shape index (κ2) is 7.08. The molecule has 0 aromatic heterocycles. The van der Waals surface area contributed by atoms with Crippen LogP contribution in [0, 0.1) is 0 Å². The average molecular weight is 353 g/mol. The zero-order valence-electron chi connectivity index (χ0n) is 11.2. The van der Waals surface area contributed by atoms with Crippen molar-refractivity contribution in [3.63, 3.8) is 0 Å². The molecule has 0 aliphatic rings. The molecular weight excluding hydrogens is 337 g/mol. The summed E-state index contributed by atoms with van der Waals surface area (Å²) in [6, 6.07) is 3.02. The lowest BCUT2D eigenvalue weighted by Crippen LogP contribution is -2.33. The maximum absolute atomic E-state index is 12.6. The van der Waals surface area contributed by atoms with Crippen molar-refractivity contribution in [2.24, 2.45) is 0 Å². The molecule has 0 unspecified atom stereocenters. The summed E-state index contributed by atoms with van der Waals surface area (Å²) in [7, 11) is 1.90. The van der Waals surface area contributed by atoms with E-state index in [4.69, 9.17) is 0 Å². The van der Waals surface area contributed by atoms with Gasteiger partial charge in [0.25, 0.3) is 5.91 Å². The second-order valence-electron chi connectivity index (χ2n) is 4.34. The number of hydrogen-bond acceptors (Lipinski definition) is 2. The van der Waals surface area contributed by atoms with Crippen LogP contribution in [0.3, 0.4) is 0 Å². The molecule has 1 N–H and O–H groups in total. The monoisotopic (exact) mass is 352 g/mol. The average Bonchev–Trinajstić information content (AvgIpc) is 2.37. The van der Waals surface area contributed by atoms with Gasteiger partial charge >= 0.3 is 6.18 Å². The summed E-state index contributed by atoms with van der Waals surface area (Å²) in [6.07, 6.45) is -4.46. The summed E-state index contributed by atoms with van der Waals surface area (Å²) in [5.41, 5.74) is -0.851. The second-order valence-corrected chi connectivity index (χ2v) is 5.20. The molecule has 20 heavy (non-hydrogen) atoms. The molecule has 0 saturated heterocycles. The van der Waals surface area contributed by atoms with E-state index in [1.54, 1.807) is 0 Å². The Kier molecular flexibility index (Phi) is 6.01. The van der Waals surface area contributed by atoms with Gasteiger partial charge in [0.15, 0.2) is 0 Å². The van der Waals surface area contributed by atoms with Gasteiger partial charge in [0.05, 0.1) is 11.1 Å². The minimum atomic E-state index is -4.46. The van der Waals surface area contributed by atoms with Crippen LogP contribution < -0.4 is 5.32 Å². The number of carbonyl (C=O) groups excluding carboxylic acids is 1. The number of alkyl halides is 3. The van der Waals surface area contributed by atoms with Crippen molar-refractivity contribution in [2.45, 2.75) is 13.1 Å². The first-order chi connectivity index (χ1) is 9.25. The van der Waals surface area contributed by atoms with Crippen molar-refractivity contribution >= 4 is 21.8 Å². The van der Waals surface area contributed by atoms with Crippen LogP contribution in [-0.2, 0) is 6.18 Å². The van der Waals surface area contributed by atoms with E-state index < -0.39 is 17.6 Å². The Morgan fingerprint density at radius 3 is 2.60 bits per heavy atom. The fourth-order valence-electron chi connectivity index (χ4n) is 1.49. The number of halogens is 4. The predicted octanol–water partition coefficient (Wildman–Crippen LogP) is 3.15. The van der Waals surface area contributed by atoms with E-state index in [0.29, 0.717) is 17.6 Å². The van der Waals surface area contributed by atoms with Crippen LogP contribution in [0.4, 0.5) is 13.2 Å². The number of rotatable bonds is 5. The van der Waals surface area contributed by atoms with Gasteiger partial charge in [0.1, 0.15) is 0 Å². The Morgan fingerprint density at radius 2 is 2.05 bits per heavy atom. The fourth-order valence-corrected chi connectivity index (χ4v) is 1.92. The first kappa shape index (κ1) is 17.0. The summed E-state index contributed by atoms with van der Waals surface area (Å²) in [6.45, 7) is 3.83. The lowest BCUT2D eigenvalue weighted by atomic mass is 10.1. The molecule has 1 rings (SSSR count). The molecule has 3 nitrogen and oxygen atoms in total. The van der Waals surface area contributed by atoms with Gasteiger partial charge < -0.3 is 10.2 Å². The number of amides is 1. The van der Waals surface area contributed by atoms with Crippen molar-refractivity contribution in [3.05, 3.63) is 33.8 Å². The van der Waals surface area contributed by atoms with Gasteiger partial charge in [-0.3, -0.25) is 4.79 Å². The van der Waals surface area contributed by atoms with E-state index >= 15 is 0 Å². The predicted molar refractivity (Wildman–Crippen MR) is 74.6 cm³/mol. The first-order valence-electron chi connectivity index (χ1n) is 6.09. The van der Waals surface area contributed by atoms with Crippen molar-refractivity contribution in [2.75, 3.05) is 26.7 Å². The minimum absolute atomic E-state index is 0.0148. The van der Waals surface area contributed by atoms with E-state index in [0.717, 1.165) is 18.7 Å². The van der Waals surface area contributed by atoms with Crippen molar-refractivity contribution in [1.82, 2.24) is 10.2 Å². The van der Waals surface area contributed by atoms with E-state index in [1.807, 2.05) is 18.9 Å². The van der Waals surface area contributed by atoms with Crippen molar-refractivity contribution < 1.29 is 18.0 Å². The van der Waals surface area contributed by atoms with Gasteiger partial charge in [-0.2, -0.15) is 13.2 Å². The maximum Gasteiger partial charge on any atom is 0.416 e. The zero-order valence-corrected chi connectivity index (χ0v) is 12.8. The molecular formula is C13H16BrF3N2O. The number of nitrogens with one attached hydrogen (secondary N) is 1. The zero-order chi connectivity index (χ0) is 15.3. The van der Waals surface area contributed by atoms with Gasteiger partial charge in [0, 0.05) is 17.6 Å². The Balaban J connectivity index is 2.77. The summed E-state index contributed by atoms with van der Waals surface area (Å²) in [4.78, 5) is 13.9. The third-order valence-electron chi connectivity index (χ3n) is 2.86. The van der Waals surface area contributed by atoms with E-state index in [1.165, 1.54) is 6.07 Å². The number of nitrogens with zero attached hydrogens (tertiary/aromatic N) is 1. The highest BCUT2D eigenvalue weighted by Crippen LogP contribution is 2.31. The molecule has 1 aromatic carbocycles. The summed E-state index contributed by atoms with van der Waals surface area (Å²) >= 11 is 3.09. The number of benzene rings is 1. The molecule has 0 fully saturated rings. The third-order valence-corrected chi connectivity index (χ3v) is 3.55. The number of carbonyl (C=O) groups is 1. The van der Waals surface area contributed by atoms with Crippen LogP contribution in [0.2, 0.25) is 0 Å². The largest absolute Gasteiger partial charge is 0.416 e. The molecule has 0 atom stereocenters. The molecule has 0 radical (unpaired) electrons. The molecule has 1 aromatic rings. The van der Waals surface area contributed by atoms with Crippen LogP contribution in [0.25, 0.3) is 0 Å². The van der Waals surface area contributed by atoms with Crippen LogP contribution in [0.5, 0.6) is 0 Å². The topological polar surface area (TPSA) is 32.3 Å². The molecule has 0 aliphatic heterocycles. The SMILES string of the molecule is CCN(C)CCNC(=O)c1cc(C(F)(F)F)ccc1Br. The number of hydrogen-bond donors (Lipinski definition) is 1.